The maximum absolute atomic E-state index is 2.69. The Hall–Kier alpha value is -9.52. The Balaban J connectivity index is 0.994. The van der Waals surface area contributed by atoms with E-state index in [9.17, 15) is 0 Å². The predicted molar refractivity (Wildman–Crippen MR) is 378 cm³/mol. The summed E-state index contributed by atoms with van der Waals surface area (Å²) in [6.07, 6.45) is 0. The van der Waals surface area contributed by atoms with Crippen LogP contribution in [0.1, 0.15) is 105 Å². The van der Waals surface area contributed by atoms with Gasteiger partial charge >= 0.3 is 0 Å². The van der Waals surface area contributed by atoms with Crippen LogP contribution in [0, 0.1) is 0 Å². The van der Waals surface area contributed by atoms with E-state index in [1.54, 1.807) is 0 Å². The Morgan fingerprint density at radius 3 is 0.966 bits per heavy atom. The SMILES string of the molecule is CC(C)(C)c1ccc2c(c1)c1cc(C(C)(C)C)cc3c1n2-c1cc(-n2c4ccccc4c4ccc5c6ccccc6n(-c6ccc(-n7c8ccccc8c8ccccc87)cc6)c5c42)cc2c1B3c1cc(C(C)(C)C)cc3c4cc(C(C)(C)C)ccc4n-2c13. The van der Waals surface area contributed by atoms with E-state index in [4.69, 9.17) is 0 Å². The Kier molecular flexibility index (Phi) is 10.1. The van der Waals surface area contributed by atoms with E-state index in [1.807, 2.05) is 0 Å². The van der Waals surface area contributed by atoms with Gasteiger partial charge in [-0.25, -0.2) is 0 Å². The minimum Gasteiger partial charge on any atom is -0.310 e. The molecule has 0 amide bonds. The largest absolute Gasteiger partial charge is 0.310 e. The lowest BCUT2D eigenvalue weighted by Crippen LogP contribution is -2.59. The van der Waals surface area contributed by atoms with Crippen molar-refractivity contribution in [3.63, 3.8) is 0 Å². The summed E-state index contributed by atoms with van der Waals surface area (Å²) >= 11 is 0. The van der Waals surface area contributed by atoms with Crippen LogP contribution in [0.4, 0.5) is 0 Å². The lowest BCUT2D eigenvalue weighted by atomic mass is 9.34. The van der Waals surface area contributed by atoms with Gasteiger partial charge in [-0.3, -0.25) is 0 Å². The van der Waals surface area contributed by atoms with Gasteiger partial charge in [-0.2, -0.15) is 0 Å². The molecule has 426 valence electrons. The van der Waals surface area contributed by atoms with Crippen molar-refractivity contribution in [3.8, 4) is 28.4 Å². The van der Waals surface area contributed by atoms with Gasteiger partial charge in [0, 0.05) is 87.6 Å². The Bertz CT molecular complexity index is 5550. The molecule has 2 aliphatic rings. The Morgan fingerprint density at radius 1 is 0.239 bits per heavy atom. The molecule has 6 heteroatoms. The van der Waals surface area contributed by atoms with Crippen LogP contribution in [0.5, 0.6) is 0 Å². The number of rotatable bonds is 3. The smallest absolute Gasteiger partial charge is 0.252 e. The van der Waals surface area contributed by atoms with E-state index in [0.717, 1.165) is 17.1 Å². The van der Waals surface area contributed by atoms with Gasteiger partial charge in [0.2, 0.25) is 0 Å². The zero-order valence-electron chi connectivity index (χ0n) is 52.4. The van der Waals surface area contributed by atoms with Gasteiger partial charge in [0.15, 0.2) is 0 Å². The Morgan fingerprint density at radius 2 is 0.568 bits per heavy atom. The topological polar surface area (TPSA) is 24.6 Å². The van der Waals surface area contributed by atoms with Crippen molar-refractivity contribution < 1.29 is 0 Å². The molecule has 0 bridgehead atoms. The van der Waals surface area contributed by atoms with Crippen LogP contribution in [-0.4, -0.2) is 29.5 Å². The van der Waals surface area contributed by atoms with Crippen LogP contribution >= 0.6 is 0 Å². The van der Waals surface area contributed by atoms with Crippen LogP contribution < -0.4 is 16.4 Å². The number of hydrogen-bond acceptors (Lipinski definition) is 0. The average molecular weight is 1140 g/mol. The summed E-state index contributed by atoms with van der Waals surface area (Å²) in [7, 11) is 0. The molecular formula is C82H70BN5. The monoisotopic (exact) mass is 1140 g/mol. The van der Waals surface area contributed by atoms with Gasteiger partial charge in [0.05, 0.1) is 49.8 Å². The fraction of sp³-hybridized carbons (Fsp3) is 0.195. The molecule has 0 atom stereocenters. The normalized spacial score (nSPS) is 13.7. The van der Waals surface area contributed by atoms with E-state index in [0.29, 0.717) is 0 Å². The van der Waals surface area contributed by atoms with E-state index < -0.39 is 0 Å². The summed E-state index contributed by atoms with van der Waals surface area (Å²) in [5.41, 5.74) is 27.5. The van der Waals surface area contributed by atoms with Gasteiger partial charge in [-0.15, -0.1) is 0 Å². The van der Waals surface area contributed by atoms with Gasteiger partial charge in [-0.05, 0) is 157 Å². The fourth-order valence-electron chi connectivity index (χ4n) is 16.0. The molecule has 88 heavy (non-hydrogen) atoms. The van der Waals surface area contributed by atoms with Gasteiger partial charge in [0.1, 0.15) is 0 Å². The van der Waals surface area contributed by atoms with Crippen molar-refractivity contribution in [1.82, 2.24) is 22.8 Å². The Labute approximate surface area is 513 Å². The maximum atomic E-state index is 2.69. The number of hydrogen-bond donors (Lipinski definition) is 0. The molecule has 0 saturated heterocycles. The molecule has 5 aromatic heterocycles. The third kappa shape index (κ3) is 6.89. The van der Waals surface area contributed by atoms with Crippen molar-refractivity contribution >= 4 is 132 Å². The number of para-hydroxylation sites is 4. The summed E-state index contributed by atoms with van der Waals surface area (Å²) in [6.45, 7) is 28.4. The van der Waals surface area contributed by atoms with E-state index in [-0.39, 0.29) is 28.4 Å². The molecule has 0 aliphatic carbocycles. The van der Waals surface area contributed by atoms with E-state index >= 15 is 0 Å². The minimum absolute atomic E-state index is 0.0356. The first-order chi connectivity index (χ1) is 42.2. The number of fused-ring (bicyclic) bond motifs is 20. The van der Waals surface area contributed by atoms with Gasteiger partial charge in [-0.1, -0.05) is 192 Å². The molecule has 0 N–H and O–H groups in total. The van der Waals surface area contributed by atoms with Gasteiger partial charge < -0.3 is 22.8 Å². The minimum atomic E-state index is -0.0953. The number of nitrogens with zero attached hydrogens (tertiary/aromatic N) is 5. The van der Waals surface area contributed by atoms with E-state index in [2.05, 4.69) is 312 Å². The second-order valence-electron chi connectivity index (χ2n) is 29.8. The first kappa shape index (κ1) is 51.7. The molecule has 0 unspecified atom stereocenters. The highest BCUT2D eigenvalue weighted by Crippen LogP contribution is 2.47. The highest BCUT2D eigenvalue weighted by molar-refractivity contribution is 7.00. The summed E-state index contributed by atoms with van der Waals surface area (Å²) in [4.78, 5) is 0. The van der Waals surface area contributed by atoms with Crippen LogP contribution in [-0.2, 0) is 21.7 Å². The van der Waals surface area contributed by atoms with Crippen molar-refractivity contribution in [2.45, 2.75) is 105 Å². The highest BCUT2D eigenvalue weighted by Gasteiger charge is 2.43. The van der Waals surface area contributed by atoms with Crippen LogP contribution in [0.15, 0.2) is 206 Å². The quantitative estimate of drug-likeness (QED) is 0.158. The van der Waals surface area contributed by atoms with E-state index in [1.165, 1.54) is 159 Å². The summed E-state index contributed by atoms with van der Waals surface area (Å²) < 4.78 is 13.0. The van der Waals surface area contributed by atoms with Crippen LogP contribution in [0.3, 0.4) is 0 Å². The predicted octanol–water partition coefficient (Wildman–Crippen LogP) is 19.5. The van der Waals surface area contributed by atoms with Crippen molar-refractivity contribution in [2.75, 3.05) is 0 Å². The first-order valence-electron chi connectivity index (χ1n) is 31.7. The first-order valence-corrected chi connectivity index (χ1v) is 31.7. The van der Waals surface area contributed by atoms with Crippen LogP contribution in [0.2, 0.25) is 0 Å². The lowest BCUT2D eigenvalue weighted by Gasteiger charge is -2.36. The van der Waals surface area contributed by atoms with Crippen molar-refractivity contribution in [1.29, 1.82) is 0 Å². The summed E-state index contributed by atoms with van der Waals surface area (Å²) in [5.74, 6) is 0. The molecule has 0 radical (unpaired) electrons. The fourth-order valence-corrected chi connectivity index (χ4v) is 16.0. The third-order valence-electron chi connectivity index (χ3n) is 20.4. The lowest BCUT2D eigenvalue weighted by molar-refractivity contribution is 0.590. The standard InChI is InChI=1S/C82H70BN5/c1-79(2,3)47-29-37-70-60(39-47)62-41-49(81(7,8)9)43-64-75(62)87(70)72-45-53(46-73-74(72)83(64)65-44-50(82(10,11)12)42-63-61-40-48(80(4,5)6)30-38-71(61)88(73)76(63)65)86-69-28-20-16-24-57(69)59-36-35-58-56-23-15-19-27-68(56)85(77(58)78(59)86)52-33-31-51(32-34-52)84-66-25-17-13-21-54(66)55-22-14-18-26-67(55)84/h13-46H,1-12H3. The molecule has 0 saturated carbocycles. The van der Waals surface area contributed by atoms with Crippen molar-refractivity contribution in [3.05, 3.63) is 229 Å². The van der Waals surface area contributed by atoms with Gasteiger partial charge in [0.25, 0.3) is 6.71 Å². The highest BCUT2D eigenvalue weighted by atomic mass is 15.1. The number of aromatic nitrogens is 5. The molecule has 11 aromatic carbocycles. The third-order valence-corrected chi connectivity index (χ3v) is 20.4. The molecule has 18 rings (SSSR count). The molecule has 5 nitrogen and oxygen atoms in total. The molecule has 7 heterocycles. The molecule has 0 fully saturated rings. The zero-order valence-corrected chi connectivity index (χ0v) is 52.4. The summed E-state index contributed by atoms with van der Waals surface area (Å²) in [5, 5.41) is 12.7. The molecular weight excluding hydrogens is 1070 g/mol. The summed E-state index contributed by atoms with van der Waals surface area (Å²) in [6, 6.07) is 80.1. The molecule has 2 aliphatic heterocycles. The van der Waals surface area contributed by atoms with Crippen molar-refractivity contribution in [2.24, 2.45) is 0 Å². The average Bonchev–Trinajstić information content (AvgIpc) is 1.43. The molecule has 16 aromatic rings. The molecule has 0 spiro atoms. The second kappa shape index (κ2) is 17.2. The van der Waals surface area contributed by atoms with Crippen LogP contribution in [0.25, 0.3) is 137 Å². The zero-order chi connectivity index (χ0) is 60.0. The second-order valence-corrected chi connectivity index (χ2v) is 29.8. The maximum Gasteiger partial charge on any atom is 0.252 e. The number of benzene rings is 11.